The van der Waals surface area contributed by atoms with E-state index in [-0.39, 0.29) is 0 Å². The van der Waals surface area contributed by atoms with Gasteiger partial charge in [0.1, 0.15) is 25.6 Å². The SMILES string of the molecule is Cc1c(OCc2ccc3c(c2)OCCOCCOCCOCCOCCO3)c(C)c(-n2ccnc2)c(C)c1-n1ccnc1. The zero-order chi connectivity index (χ0) is 29.9. The minimum absolute atomic E-state index is 0.338. The van der Waals surface area contributed by atoms with Crippen LogP contribution in [0.25, 0.3) is 11.4 Å². The van der Waals surface area contributed by atoms with Gasteiger partial charge in [-0.15, -0.1) is 0 Å². The van der Waals surface area contributed by atoms with Gasteiger partial charge in [0.2, 0.25) is 0 Å². The Balaban J connectivity index is 1.35. The van der Waals surface area contributed by atoms with Crippen LogP contribution in [0.1, 0.15) is 22.3 Å². The second kappa shape index (κ2) is 15.5. The van der Waals surface area contributed by atoms with Gasteiger partial charge in [0.15, 0.2) is 11.5 Å². The van der Waals surface area contributed by atoms with Gasteiger partial charge < -0.3 is 42.3 Å². The zero-order valence-electron chi connectivity index (χ0n) is 25.1. The van der Waals surface area contributed by atoms with Crippen molar-refractivity contribution >= 4 is 0 Å². The number of fused-ring (bicyclic) bond motifs is 1. The molecule has 0 amide bonds. The van der Waals surface area contributed by atoms with Crippen molar-refractivity contribution in [2.24, 2.45) is 0 Å². The van der Waals surface area contributed by atoms with Crippen LogP contribution < -0.4 is 14.2 Å². The monoisotopic (exact) mass is 592 g/mol. The predicted octanol–water partition coefficient (Wildman–Crippen LogP) is 4.40. The van der Waals surface area contributed by atoms with Gasteiger partial charge in [-0.1, -0.05) is 6.07 Å². The van der Waals surface area contributed by atoms with Gasteiger partial charge in [0.25, 0.3) is 0 Å². The molecule has 5 rings (SSSR count). The lowest BCUT2D eigenvalue weighted by Gasteiger charge is -2.23. The molecule has 11 heteroatoms. The highest BCUT2D eigenvalue weighted by atomic mass is 16.6. The van der Waals surface area contributed by atoms with Gasteiger partial charge >= 0.3 is 0 Å². The molecule has 4 aromatic rings. The minimum Gasteiger partial charge on any atom is -0.488 e. The van der Waals surface area contributed by atoms with Gasteiger partial charge in [-0.25, -0.2) is 9.97 Å². The number of hydrogen-bond acceptors (Lipinski definition) is 9. The molecule has 3 heterocycles. The zero-order valence-corrected chi connectivity index (χ0v) is 25.1. The first kappa shape index (κ1) is 30.6. The summed E-state index contributed by atoms with van der Waals surface area (Å²) in [5.41, 5.74) is 6.16. The molecular formula is C32H40N4O7. The maximum Gasteiger partial charge on any atom is 0.161 e. The molecule has 0 fully saturated rings. The van der Waals surface area contributed by atoms with Crippen LogP contribution >= 0.6 is 0 Å². The summed E-state index contributed by atoms with van der Waals surface area (Å²) in [6.07, 6.45) is 11.0. The second-order valence-electron chi connectivity index (χ2n) is 10.1. The summed E-state index contributed by atoms with van der Waals surface area (Å²) in [6.45, 7) is 11.3. The molecule has 1 aliphatic rings. The maximum absolute atomic E-state index is 6.56. The molecule has 230 valence electrons. The molecule has 11 nitrogen and oxygen atoms in total. The van der Waals surface area contributed by atoms with Crippen molar-refractivity contribution in [1.29, 1.82) is 0 Å². The molecule has 0 unspecified atom stereocenters. The fraction of sp³-hybridized carbons (Fsp3) is 0.438. The highest BCUT2D eigenvalue weighted by Crippen LogP contribution is 2.38. The number of nitrogens with zero attached hydrogens (tertiary/aromatic N) is 4. The quantitative estimate of drug-likeness (QED) is 0.334. The second-order valence-corrected chi connectivity index (χ2v) is 10.1. The van der Waals surface area contributed by atoms with E-state index in [1.54, 1.807) is 25.0 Å². The molecule has 0 saturated carbocycles. The van der Waals surface area contributed by atoms with Crippen molar-refractivity contribution in [3.05, 3.63) is 77.9 Å². The lowest BCUT2D eigenvalue weighted by atomic mass is 9.99. The third-order valence-electron chi connectivity index (χ3n) is 7.11. The van der Waals surface area contributed by atoms with Crippen molar-refractivity contribution in [1.82, 2.24) is 19.1 Å². The van der Waals surface area contributed by atoms with E-state index in [0.29, 0.717) is 84.2 Å². The predicted molar refractivity (Wildman–Crippen MR) is 160 cm³/mol. The van der Waals surface area contributed by atoms with Crippen molar-refractivity contribution < 1.29 is 33.2 Å². The van der Waals surface area contributed by atoms with E-state index in [0.717, 1.165) is 39.4 Å². The topological polar surface area (TPSA) is 100 Å². The summed E-state index contributed by atoms with van der Waals surface area (Å²) >= 11 is 0. The lowest BCUT2D eigenvalue weighted by molar-refractivity contribution is -0.00842. The van der Waals surface area contributed by atoms with Crippen LogP contribution in [0.2, 0.25) is 0 Å². The van der Waals surface area contributed by atoms with Gasteiger partial charge in [0.05, 0.1) is 76.9 Å². The number of benzene rings is 2. The Morgan fingerprint density at radius 1 is 0.628 bits per heavy atom. The van der Waals surface area contributed by atoms with Gasteiger partial charge in [0, 0.05) is 35.9 Å². The fourth-order valence-corrected chi connectivity index (χ4v) is 5.16. The fourth-order valence-electron chi connectivity index (χ4n) is 5.16. The molecule has 0 N–H and O–H groups in total. The Morgan fingerprint density at radius 3 is 1.60 bits per heavy atom. The Morgan fingerprint density at radius 2 is 1.12 bits per heavy atom. The number of aromatic nitrogens is 4. The first-order valence-corrected chi connectivity index (χ1v) is 14.6. The molecule has 0 spiro atoms. The number of ether oxygens (including phenoxy) is 7. The van der Waals surface area contributed by atoms with Crippen LogP contribution in [-0.2, 0) is 25.6 Å². The van der Waals surface area contributed by atoms with Crippen molar-refractivity contribution in [3.63, 3.8) is 0 Å². The summed E-state index contributed by atoms with van der Waals surface area (Å²) in [5.74, 6) is 2.08. The highest BCUT2D eigenvalue weighted by molar-refractivity contribution is 5.67. The number of rotatable bonds is 5. The molecular weight excluding hydrogens is 552 g/mol. The van der Waals surface area contributed by atoms with Crippen molar-refractivity contribution in [2.45, 2.75) is 27.4 Å². The Hall–Kier alpha value is -3.90. The van der Waals surface area contributed by atoms with E-state index in [1.807, 2.05) is 39.7 Å². The van der Waals surface area contributed by atoms with Crippen LogP contribution in [0.4, 0.5) is 0 Å². The van der Waals surface area contributed by atoms with Crippen molar-refractivity contribution in [2.75, 3.05) is 66.1 Å². The highest BCUT2D eigenvalue weighted by Gasteiger charge is 2.21. The van der Waals surface area contributed by atoms with E-state index < -0.39 is 0 Å². The van der Waals surface area contributed by atoms with Gasteiger partial charge in [-0.3, -0.25) is 0 Å². The molecule has 0 saturated heterocycles. The third kappa shape index (κ3) is 7.94. The smallest absolute Gasteiger partial charge is 0.161 e. The summed E-state index contributed by atoms with van der Waals surface area (Å²) in [7, 11) is 0. The number of hydrogen-bond donors (Lipinski definition) is 0. The first-order chi connectivity index (χ1) is 21.1. The normalized spacial score (nSPS) is 15.9. The third-order valence-corrected chi connectivity index (χ3v) is 7.11. The van der Waals surface area contributed by atoms with Crippen LogP contribution in [0.3, 0.4) is 0 Å². The molecule has 2 aromatic carbocycles. The first-order valence-electron chi connectivity index (χ1n) is 14.6. The lowest BCUT2D eigenvalue weighted by Crippen LogP contribution is -2.16. The Bertz CT molecular complexity index is 1360. The standard InChI is InChI=1S/C32H40N4O7/c1-24-30(35-8-6-33-22-35)25(2)32(26(3)31(24)36-9-7-34-23-36)43-21-27-4-5-28-29(20-27)42-19-17-40-15-13-38-11-10-37-12-14-39-16-18-41-28/h4-9,20,22-23H,10-19,21H2,1-3H3. The van der Waals surface area contributed by atoms with Crippen LogP contribution in [0.5, 0.6) is 17.2 Å². The Kier molecular flexibility index (Phi) is 11.0. The van der Waals surface area contributed by atoms with Crippen LogP contribution in [0, 0.1) is 20.8 Å². The van der Waals surface area contributed by atoms with Crippen LogP contribution in [-0.4, -0.2) is 85.2 Å². The van der Waals surface area contributed by atoms with E-state index in [4.69, 9.17) is 33.2 Å². The van der Waals surface area contributed by atoms with E-state index in [2.05, 4.69) is 30.7 Å². The Labute approximate surface area is 252 Å². The average molecular weight is 593 g/mol. The summed E-state index contributed by atoms with van der Waals surface area (Å²) in [4.78, 5) is 8.55. The summed E-state index contributed by atoms with van der Waals surface area (Å²) in [5, 5.41) is 0. The molecule has 0 bridgehead atoms. The van der Waals surface area contributed by atoms with E-state index in [1.165, 1.54) is 0 Å². The molecule has 1 aliphatic heterocycles. The molecule has 0 atom stereocenters. The van der Waals surface area contributed by atoms with Crippen LogP contribution in [0.15, 0.2) is 55.6 Å². The molecule has 0 radical (unpaired) electrons. The maximum atomic E-state index is 6.56. The van der Waals surface area contributed by atoms with Gasteiger partial charge in [-0.05, 0) is 44.0 Å². The number of imidazole rings is 2. The largest absolute Gasteiger partial charge is 0.488 e. The molecule has 0 aliphatic carbocycles. The van der Waals surface area contributed by atoms with Gasteiger partial charge in [-0.2, -0.15) is 0 Å². The van der Waals surface area contributed by atoms with E-state index in [9.17, 15) is 0 Å². The van der Waals surface area contributed by atoms with E-state index >= 15 is 0 Å². The summed E-state index contributed by atoms with van der Waals surface area (Å²) < 4.78 is 45.0. The molecule has 43 heavy (non-hydrogen) atoms. The van der Waals surface area contributed by atoms with Crippen molar-refractivity contribution in [3.8, 4) is 28.6 Å². The average Bonchev–Trinajstić information content (AvgIpc) is 3.73. The molecule has 2 aromatic heterocycles. The minimum atomic E-state index is 0.338. The summed E-state index contributed by atoms with van der Waals surface area (Å²) in [6, 6.07) is 5.86.